The molecule has 1 saturated heterocycles. The molecule has 2 saturated carbocycles. The number of carbonyl (C=O) groups excluding carboxylic acids is 2. The van der Waals surface area contributed by atoms with Crippen LogP contribution in [0.5, 0.6) is 0 Å². The normalized spacial score (nSPS) is 41.3. The minimum absolute atomic E-state index is 0.0701. The van der Waals surface area contributed by atoms with Crippen molar-refractivity contribution in [3.63, 3.8) is 0 Å². The second kappa shape index (κ2) is 6.59. The van der Waals surface area contributed by atoms with Crippen LogP contribution in [0.4, 0.5) is 0 Å². The van der Waals surface area contributed by atoms with Crippen LogP contribution < -0.4 is 0 Å². The van der Waals surface area contributed by atoms with Crippen LogP contribution in [0.25, 0.3) is 0 Å². The lowest BCUT2D eigenvalue weighted by molar-refractivity contribution is -0.128. The molecule has 0 aromatic heterocycles. The van der Waals surface area contributed by atoms with Crippen LogP contribution in [0.2, 0.25) is 0 Å². The summed E-state index contributed by atoms with van der Waals surface area (Å²) in [6.07, 6.45) is 3.35. The van der Waals surface area contributed by atoms with Crippen molar-refractivity contribution in [2.75, 3.05) is 23.0 Å². The van der Waals surface area contributed by atoms with Crippen LogP contribution in [0.1, 0.15) is 59.8 Å². The van der Waals surface area contributed by atoms with Crippen molar-refractivity contribution < 1.29 is 21.6 Å². The Kier molecular flexibility index (Phi) is 5.15. The Labute approximate surface area is 159 Å². The zero-order valence-corrected chi connectivity index (χ0v) is 18.0. The summed E-state index contributed by atoms with van der Waals surface area (Å²) in [5.74, 6) is 2.17. The Balaban J connectivity index is 1.84. The highest BCUT2D eigenvalue weighted by molar-refractivity contribution is 8.33. The molecule has 3 rings (SSSR count). The van der Waals surface area contributed by atoms with Gasteiger partial charge < -0.3 is 0 Å². The number of fused-ring (bicyclic) bond motifs is 2. The number of rotatable bonds is 7. The summed E-state index contributed by atoms with van der Waals surface area (Å²) in [5.41, 5.74) is -1.11. The summed E-state index contributed by atoms with van der Waals surface area (Å²) in [7, 11) is -5.81. The van der Waals surface area contributed by atoms with E-state index in [2.05, 4.69) is 6.92 Å². The van der Waals surface area contributed by atoms with Gasteiger partial charge in [0.2, 0.25) is 0 Å². The van der Waals surface area contributed by atoms with Crippen LogP contribution in [0.15, 0.2) is 0 Å². The van der Waals surface area contributed by atoms with Gasteiger partial charge in [-0.2, -0.15) is 8.42 Å². The molecule has 0 aromatic carbocycles. The van der Waals surface area contributed by atoms with Gasteiger partial charge in [-0.05, 0) is 36.5 Å². The lowest BCUT2D eigenvalue weighted by atomic mass is 9.70. The van der Waals surface area contributed by atoms with Crippen molar-refractivity contribution in [3.05, 3.63) is 0 Å². The molecule has 4 atom stereocenters. The Hall–Kier alpha value is -0.400. The predicted molar refractivity (Wildman–Crippen MR) is 105 cm³/mol. The molecular weight excluding hydrogens is 372 g/mol. The first-order chi connectivity index (χ1) is 12.0. The molecule has 0 amide bonds. The maximum atomic E-state index is 13.1. The van der Waals surface area contributed by atoms with Crippen LogP contribution in [-0.4, -0.2) is 43.0 Å². The maximum Gasteiger partial charge on any atom is 0.277 e. The van der Waals surface area contributed by atoms with Gasteiger partial charge in [-0.1, -0.05) is 27.7 Å². The van der Waals surface area contributed by atoms with Gasteiger partial charge in [0.05, 0.1) is 16.9 Å². The molecule has 0 aromatic rings. The van der Waals surface area contributed by atoms with E-state index in [1.165, 1.54) is 0 Å². The number of hydrogen-bond donors (Lipinski definition) is 0. The van der Waals surface area contributed by atoms with Gasteiger partial charge >= 0.3 is 0 Å². The molecule has 4 unspecified atom stereocenters. The van der Waals surface area contributed by atoms with Crippen molar-refractivity contribution in [2.45, 2.75) is 59.8 Å². The lowest BCUT2D eigenvalue weighted by Crippen LogP contribution is -2.43. The maximum absolute atomic E-state index is 13.1. The second-order valence-corrected chi connectivity index (χ2v) is 14.1. The first-order valence-electron chi connectivity index (χ1n) is 9.70. The number of carbonyl (C=O) groups is 2. The Morgan fingerprint density at radius 2 is 2.00 bits per heavy atom. The van der Waals surface area contributed by atoms with Crippen molar-refractivity contribution in [2.24, 2.45) is 22.7 Å². The third-order valence-corrected chi connectivity index (χ3v) is 13.0. The van der Waals surface area contributed by atoms with E-state index in [1.54, 1.807) is 6.92 Å². The summed E-state index contributed by atoms with van der Waals surface area (Å²) in [4.78, 5) is 24.8. The van der Waals surface area contributed by atoms with Gasteiger partial charge in [0.1, 0.15) is 11.6 Å². The predicted octanol–water partition coefficient (Wildman–Crippen LogP) is 3.47. The lowest BCUT2D eigenvalue weighted by Gasteiger charge is -2.39. The van der Waals surface area contributed by atoms with Crippen molar-refractivity contribution >= 4 is 32.0 Å². The molecule has 5 nitrogen and oxygen atoms in total. The van der Waals surface area contributed by atoms with Gasteiger partial charge in [-0.25, -0.2) is 3.63 Å². The third kappa shape index (κ3) is 3.28. The van der Waals surface area contributed by atoms with E-state index < -0.39 is 25.8 Å². The molecule has 2 aliphatic carbocycles. The van der Waals surface area contributed by atoms with Crippen molar-refractivity contribution in [3.8, 4) is 0 Å². The summed E-state index contributed by atoms with van der Waals surface area (Å²) in [6, 6.07) is 0. The minimum atomic E-state index is -3.87. The van der Waals surface area contributed by atoms with E-state index in [0.29, 0.717) is 36.7 Å². The molecular formula is C19H32O5S2. The molecule has 1 heterocycles. The summed E-state index contributed by atoms with van der Waals surface area (Å²) >= 11 is 0. The molecule has 0 N–H and O–H groups in total. The zero-order valence-electron chi connectivity index (χ0n) is 16.4. The average molecular weight is 405 g/mol. The van der Waals surface area contributed by atoms with E-state index in [0.717, 1.165) is 12.8 Å². The monoisotopic (exact) mass is 404 g/mol. The summed E-state index contributed by atoms with van der Waals surface area (Å²) < 4.78 is 32.0. The molecule has 7 heteroatoms. The first-order valence-corrected chi connectivity index (χ1v) is 13.3. The second-order valence-electron chi connectivity index (χ2n) is 9.20. The van der Waals surface area contributed by atoms with Gasteiger partial charge in [0.15, 0.2) is 0 Å². The highest BCUT2D eigenvalue weighted by Gasteiger charge is 2.65. The number of Topliss-reactive ketones (excluding diaryl/α,β-unsaturated/α-hetero) is 2. The van der Waals surface area contributed by atoms with E-state index in [1.807, 2.05) is 13.8 Å². The fraction of sp³-hybridized carbons (Fsp3) is 0.895. The summed E-state index contributed by atoms with van der Waals surface area (Å²) in [5, 5.41) is 0. The van der Waals surface area contributed by atoms with Gasteiger partial charge in [0, 0.05) is 24.3 Å². The van der Waals surface area contributed by atoms with Gasteiger partial charge in [0.25, 0.3) is 10.1 Å². The summed E-state index contributed by atoms with van der Waals surface area (Å²) in [6.45, 7) is 7.96. The van der Waals surface area contributed by atoms with Crippen molar-refractivity contribution in [1.29, 1.82) is 0 Å². The van der Waals surface area contributed by atoms with Crippen LogP contribution in [-0.2, 0) is 23.3 Å². The van der Waals surface area contributed by atoms with Crippen LogP contribution >= 0.6 is 10.3 Å². The smallest absolute Gasteiger partial charge is 0.277 e. The fourth-order valence-corrected chi connectivity index (χ4v) is 12.5. The quantitative estimate of drug-likeness (QED) is 0.649. The van der Waals surface area contributed by atoms with Crippen molar-refractivity contribution in [1.82, 2.24) is 0 Å². The first kappa shape index (κ1) is 20.3. The SMILES string of the molecule is CCC(=O)CS1(OS(=O)(=O)CC23CCC(CC2=O)C3(C)C)CCC(C)C1. The number of ketones is 2. The molecule has 1 aliphatic heterocycles. The van der Waals surface area contributed by atoms with E-state index in [-0.39, 0.29) is 34.4 Å². The van der Waals surface area contributed by atoms with E-state index in [9.17, 15) is 18.0 Å². The molecule has 3 aliphatic rings. The van der Waals surface area contributed by atoms with Crippen LogP contribution in [0, 0.1) is 22.7 Å². The standard InChI is InChI=1S/C19H32O5S2/c1-5-16(20)12-25(9-7-14(2)11-25)24-26(22,23)13-19-8-6-15(10-17(19)21)18(19,3)4/h14-15H,5-13H2,1-4H3. The van der Waals surface area contributed by atoms with Crippen LogP contribution in [0.3, 0.4) is 0 Å². The molecule has 26 heavy (non-hydrogen) atoms. The van der Waals surface area contributed by atoms with Gasteiger partial charge in [-0.15, -0.1) is 10.3 Å². The van der Waals surface area contributed by atoms with E-state index in [4.69, 9.17) is 3.63 Å². The third-order valence-electron chi connectivity index (χ3n) is 7.20. The Morgan fingerprint density at radius 3 is 2.46 bits per heavy atom. The number of hydrogen-bond acceptors (Lipinski definition) is 5. The van der Waals surface area contributed by atoms with E-state index >= 15 is 0 Å². The average Bonchev–Trinajstić information content (AvgIpc) is 3.04. The Bertz CT molecular complexity index is 713. The fourth-order valence-electron chi connectivity index (χ4n) is 5.37. The largest absolute Gasteiger partial charge is 0.299 e. The highest BCUT2D eigenvalue weighted by atomic mass is 32.3. The molecule has 2 bridgehead atoms. The molecule has 0 radical (unpaired) electrons. The molecule has 3 fully saturated rings. The topological polar surface area (TPSA) is 77.5 Å². The Morgan fingerprint density at radius 1 is 1.31 bits per heavy atom. The zero-order chi connectivity index (χ0) is 19.4. The minimum Gasteiger partial charge on any atom is -0.299 e. The molecule has 0 spiro atoms. The molecule has 150 valence electrons. The van der Waals surface area contributed by atoms with Gasteiger partial charge in [-0.3, -0.25) is 9.59 Å². The highest BCUT2D eigenvalue weighted by Crippen LogP contribution is 2.65.